The Balaban J connectivity index is 0.000000217. The first-order valence-electron chi connectivity index (χ1n) is 8.20. The van der Waals surface area contributed by atoms with Gasteiger partial charge in [0.15, 0.2) is 8.32 Å². The van der Waals surface area contributed by atoms with Crippen molar-refractivity contribution in [3.8, 4) is 0 Å². The molecule has 2 heterocycles. The summed E-state index contributed by atoms with van der Waals surface area (Å²) in [6.45, 7) is 11.1. The number of rotatable bonds is 3. The van der Waals surface area contributed by atoms with E-state index in [-0.39, 0.29) is 0 Å². The molecule has 1 unspecified atom stereocenters. The van der Waals surface area contributed by atoms with Crippen molar-refractivity contribution >= 4 is 30.0 Å². The lowest BCUT2D eigenvalue weighted by molar-refractivity contribution is 0.275. The molecule has 2 aliphatic heterocycles. The highest BCUT2D eigenvalue weighted by Crippen LogP contribution is 2.22. The van der Waals surface area contributed by atoms with Crippen molar-refractivity contribution in [2.45, 2.75) is 76.0 Å². The average Bonchev–Trinajstić information content (AvgIpc) is 2.40. The Morgan fingerprint density at radius 3 is 2.20 bits per heavy atom. The minimum Gasteiger partial charge on any atom is -0.417 e. The summed E-state index contributed by atoms with van der Waals surface area (Å²) >= 11 is 4.58. The molecular weight excluding hydrogens is 300 g/mol. The van der Waals surface area contributed by atoms with E-state index in [1.54, 1.807) is 0 Å². The number of hydrogen-bond acceptors (Lipinski definition) is 3. The van der Waals surface area contributed by atoms with Crippen molar-refractivity contribution in [3.63, 3.8) is 0 Å². The van der Waals surface area contributed by atoms with Gasteiger partial charge in [0.05, 0.1) is 0 Å². The molecule has 0 amide bonds. The molecular formula is C15H33O2SSi2. The summed E-state index contributed by atoms with van der Waals surface area (Å²) in [6.07, 6.45) is 5.34. The molecule has 2 fully saturated rings. The molecule has 0 bridgehead atoms. The van der Waals surface area contributed by atoms with Crippen molar-refractivity contribution < 1.29 is 8.85 Å². The summed E-state index contributed by atoms with van der Waals surface area (Å²) < 4.78 is 11.4. The molecule has 2 saturated heterocycles. The van der Waals surface area contributed by atoms with Gasteiger partial charge in [0.1, 0.15) is 0 Å². The third-order valence-electron chi connectivity index (χ3n) is 4.03. The molecule has 20 heavy (non-hydrogen) atoms. The van der Waals surface area contributed by atoms with Crippen LogP contribution in [0.1, 0.15) is 39.5 Å². The van der Waals surface area contributed by atoms with E-state index in [9.17, 15) is 0 Å². The predicted octanol–water partition coefficient (Wildman–Crippen LogP) is 4.74. The molecule has 119 valence electrons. The molecule has 2 nitrogen and oxygen atoms in total. The lowest BCUT2D eigenvalue weighted by Crippen LogP contribution is -2.33. The van der Waals surface area contributed by atoms with Crippen LogP contribution < -0.4 is 0 Å². The van der Waals surface area contributed by atoms with Crippen LogP contribution in [0.15, 0.2) is 0 Å². The molecule has 0 saturated carbocycles. The predicted molar refractivity (Wildman–Crippen MR) is 95.6 cm³/mol. The van der Waals surface area contributed by atoms with Gasteiger partial charge in [-0.1, -0.05) is 26.7 Å². The third kappa shape index (κ3) is 8.22. The Morgan fingerprint density at radius 2 is 1.80 bits per heavy atom. The Hall–Kier alpha value is 0.704. The van der Waals surface area contributed by atoms with E-state index in [4.69, 9.17) is 8.85 Å². The zero-order chi connectivity index (χ0) is 15.0. The van der Waals surface area contributed by atoms with Crippen molar-refractivity contribution in [1.82, 2.24) is 0 Å². The van der Waals surface area contributed by atoms with Crippen LogP contribution in [-0.4, -0.2) is 35.8 Å². The number of hydrogen-bond donors (Lipinski definition) is 1. The van der Waals surface area contributed by atoms with Gasteiger partial charge in [0.25, 0.3) is 0 Å². The van der Waals surface area contributed by atoms with E-state index in [1.165, 1.54) is 43.8 Å². The van der Waals surface area contributed by atoms with Crippen LogP contribution in [0.5, 0.6) is 0 Å². The van der Waals surface area contributed by atoms with Gasteiger partial charge in [-0.3, -0.25) is 0 Å². The van der Waals surface area contributed by atoms with Crippen LogP contribution in [0.3, 0.4) is 0 Å². The van der Waals surface area contributed by atoms with Crippen molar-refractivity contribution in [2.75, 3.05) is 13.2 Å². The Bertz CT molecular complexity index is 248. The minimum atomic E-state index is -1.09. The van der Waals surface area contributed by atoms with Gasteiger partial charge in [0, 0.05) is 18.5 Å². The summed E-state index contributed by atoms with van der Waals surface area (Å²) in [6, 6.07) is 3.94. The molecule has 0 aromatic rings. The van der Waals surface area contributed by atoms with E-state index in [0.717, 1.165) is 13.2 Å². The van der Waals surface area contributed by atoms with E-state index in [0.29, 0.717) is 11.2 Å². The Morgan fingerprint density at radius 1 is 1.10 bits per heavy atom. The van der Waals surface area contributed by atoms with Gasteiger partial charge < -0.3 is 8.85 Å². The Labute approximate surface area is 134 Å². The van der Waals surface area contributed by atoms with E-state index in [1.807, 2.05) is 0 Å². The smallest absolute Gasteiger partial charge is 0.212 e. The first kappa shape index (κ1) is 18.8. The van der Waals surface area contributed by atoms with Crippen molar-refractivity contribution in [3.05, 3.63) is 0 Å². The van der Waals surface area contributed by atoms with Gasteiger partial charge in [0.2, 0.25) is 9.04 Å². The molecule has 0 aliphatic carbocycles. The molecule has 0 aromatic heterocycles. The molecule has 5 heteroatoms. The van der Waals surface area contributed by atoms with E-state index >= 15 is 0 Å². The fourth-order valence-electron chi connectivity index (χ4n) is 2.42. The second kappa shape index (κ2) is 9.67. The fourth-order valence-corrected chi connectivity index (χ4v) is 7.45. The zero-order valence-corrected chi connectivity index (χ0v) is 16.7. The molecule has 0 spiro atoms. The second-order valence-electron chi connectivity index (χ2n) is 6.92. The summed E-state index contributed by atoms with van der Waals surface area (Å²) in [5.41, 5.74) is 0. The van der Waals surface area contributed by atoms with Gasteiger partial charge in [-0.05, 0) is 50.0 Å². The summed E-state index contributed by atoms with van der Waals surface area (Å²) in [5, 5.41) is 0.553. The largest absolute Gasteiger partial charge is 0.417 e. The minimum absolute atomic E-state index is 0.468. The van der Waals surface area contributed by atoms with Crippen LogP contribution in [0.4, 0.5) is 0 Å². The SMILES string of the molecule is CC(C)C(S)C[Si]1CCCCO1.C[Si]1(C)CCCCO1. The van der Waals surface area contributed by atoms with E-state index < -0.39 is 17.4 Å². The van der Waals surface area contributed by atoms with Crippen LogP contribution in [-0.2, 0) is 8.85 Å². The van der Waals surface area contributed by atoms with E-state index in [2.05, 4.69) is 39.6 Å². The first-order chi connectivity index (χ1) is 9.41. The van der Waals surface area contributed by atoms with Crippen LogP contribution >= 0.6 is 12.6 Å². The molecule has 1 radical (unpaired) electrons. The quantitative estimate of drug-likeness (QED) is 0.594. The van der Waals surface area contributed by atoms with Crippen LogP contribution in [0.25, 0.3) is 0 Å². The molecule has 1 atom stereocenters. The standard InChI is InChI=1S/C9H19OSSi.C6H14OSi/c1-8(2)9(11)7-12-6-4-3-5-10-12;1-8(2)6-4-3-5-7-8/h8-9,11H,3-7H2,1-2H3;3-6H2,1-2H3. The van der Waals surface area contributed by atoms with Gasteiger partial charge in [-0.25, -0.2) is 0 Å². The summed E-state index contributed by atoms with van der Waals surface area (Å²) in [5.74, 6) is 0.691. The first-order valence-corrected chi connectivity index (χ1v) is 13.7. The van der Waals surface area contributed by atoms with Crippen LogP contribution in [0.2, 0.25) is 31.2 Å². The monoisotopic (exact) mass is 333 g/mol. The number of thiol groups is 1. The molecule has 0 aromatic carbocycles. The fraction of sp³-hybridized carbons (Fsp3) is 1.00. The summed E-state index contributed by atoms with van der Waals surface area (Å²) in [4.78, 5) is 0. The average molecular weight is 334 g/mol. The maximum atomic E-state index is 5.75. The third-order valence-corrected chi connectivity index (χ3v) is 10.1. The van der Waals surface area contributed by atoms with Crippen LogP contribution in [0, 0.1) is 5.92 Å². The maximum Gasteiger partial charge on any atom is 0.212 e. The van der Waals surface area contributed by atoms with Gasteiger partial charge >= 0.3 is 0 Å². The highest BCUT2D eigenvalue weighted by Gasteiger charge is 2.24. The van der Waals surface area contributed by atoms with Crippen molar-refractivity contribution in [1.29, 1.82) is 0 Å². The molecule has 2 aliphatic rings. The van der Waals surface area contributed by atoms with Gasteiger partial charge in [-0.2, -0.15) is 12.6 Å². The zero-order valence-electron chi connectivity index (χ0n) is 13.8. The maximum absolute atomic E-state index is 5.75. The molecule has 2 rings (SSSR count). The lowest BCUT2D eigenvalue weighted by atomic mass is 10.1. The van der Waals surface area contributed by atoms with Gasteiger partial charge in [-0.15, -0.1) is 0 Å². The topological polar surface area (TPSA) is 18.5 Å². The highest BCUT2D eigenvalue weighted by molar-refractivity contribution is 7.81. The normalized spacial score (nSPS) is 24.9. The lowest BCUT2D eigenvalue weighted by Gasteiger charge is -2.27. The highest BCUT2D eigenvalue weighted by atomic mass is 32.1. The Kier molecular flexibility index (Phi) is 9.06. The second-order valence-corrected chi connectivity index (χ2v) is 14.2. The van der Waals surface area contributed by atoms with Crippen molar-refractivity contribution in [2.24, 2.45) is 5.92 Å². The summed E-state index contributed by atoms with van der Waals surface area (Å²) in [7, 11) is -1.56. The molecule has 0 N–H and O–H groups in total.